The van der Waals surface area contributed by atoms with E-state index in [-0.39, 0.29) is 11.9 Å². The molecule has 184 valence electrons. The molecule has 1 atom stereocenters. The summed E-state index contributed by atoms with van der Waals surface area (Å²) in [6.07, 6.45) is 6.86. The van der Waals surface area contributed by atoms with Gasteiger partial charge in [0.1, 0.15) is 17.2 Å². The molecule has 1 aliphatic rings. The molecule has 5 rings (SSSR count). The Labute approximate surface area is 211 Å². The normalized spacial score (nSPS) is 14.7. The zero-order valence-electron chi connectivity index (χ0n) is 20.6. The van der Waals surface area contributed by atoms with Gasteiger partial charge in [0.15, 0.2) is 0 Å². The van der Waals surface area contributed by atoms with Crippen LogP contribution in [-0.4, -0.2) is 39.7 Å². The summed E-state index contributed by atoms with van der Waals surface area (Å²) in [5.74, 6) is 1.54. The highest BCUT2D eigenvalue weighted by Crippen LogP contribution is 2.44. The Kier molecular flexibility index (Phi) is 6.98. The van der Waals surface area contributed by atoms with Crippen molar-refractivity contribution in [3.63, 3.8) is 0 Å². The van der Waals surface area contributed by atoms with Crippen LogP contribution in [0.5, 0.6) is 11.5 Å². The first kappa shape index (κ1) is 23.6. The van der Waals surface area contributed by atoms with Gasteiger partial charge in [-0.1, -0.05) is 31.9 Å². The van der Waals surface area contributed by atoms with E-state index < -0.39 is 0 Å². The van der Waals surface area contributed by atoms with Gasteiger partial charge in [0.25, 0.3) is 5.91 Å². The molecule has 2 aromatic carbocycles. The first-order chi connectivity index (χ1) is 17.7. The summed E-state index contributed by atoms with van der Waals surface area (Å²) >= 11 is 0. The molecule has 0 bridgehead atoms. The number of ether oxygens (including phenoxy) is 2. The fourth-order valence-electron chi connectivity index (χ4n) is 4.65. The highest BCUT2D eigenvalue weighted by molar-refractivity contribution is 6.00. The lowest BCUT2D eigenvalue weighted by molar-refractivity contribution is 0.0730. The van der Waals surface area contributed by atoms with Crippen LogP contribution in [0.4, 0.5) is 0 Å². The van der Waals surface area contributed by atoms with Gasteiger partial charge < -0.3 is 14.4 Å². The van der Waals surface area contributed by atoms with Crippen molar-refractivity contribution in [2.45, 2.75) is 38.8 Å². The Hall–Kier alpha value is -4.13. The van der Waals surface area contributed by atoms with Gasteiger partial charge in [0, 0.05) is 30.1 Å². The first-order valence-corrected chi connectivity index (χ1v) is 12.3. The summed E-state index contributed by atoms with van der Waals surface area (Å²) in [6, 6.07) is 19.4. The van der Waals surface area contributed by atoms with Gasteiger partial charge in [-0.3, -0.25) is 14.9 Å². The number of aromatic amines is 1. The minimum Gasteiger partial charge on any atom is -0.497 e. The molecule has 1 N–H and O–H groups in total. The van der Waals surface area contributed by atoms with E-state index in [1.165, 1.54) is 0 Å². The number of aromatic nitrogens is 3. The van der Waals surface area contributed by atoms with E-state index in [1.807, 2.05) is 65.6 Å². The van der Waals surface area contributed by atoms with Crippen LogP contribution < -0.4 is 9.47 Å². The molecular weight excluding hydrogens is 452 g/mol. The second-order valence-electron chi connectivity index (χ2n) is 8.91. The minimum atomic E-state index is -0.286. The zero-order valence-corrected chi connectivity index (χ0v) is 20.6. The van der Waals surface area contributed by atoms with Gasteiger partial charge >= 0.3 is 0 Å². The summed E-state index contributed by atoms with van der Waals surface area (Å²) in [5, 5.41) is 7.58. The van der Waals surface area contributed by atoms with Gasteiger partial charge in [-0.25, -0.2) is 0 Å². The van der Waals surface area contributed by atoms with Crippen LogP contribution in [0.25, 0.3) is 11.3 Å². The van der Waals surface area contributed by atoms with E-state index >= 15 is 0 Å². The summed E-state index contributed by atoms with van der Waals surface area (Å²) in [4.78, 5) is 19.6. The number of pyridine rings is 1. The van der Waals surface area contributed by atoms with E-state index in [0.717, 1.165) is 58.7 Å². The van der Waals surface area contributed by atoms with Crippen LogP contribution in [0.15, 0.2) is 73.1 Å². The molecule has 1 amide bonds. The Balaban J connectivity index is 1.51. The number of hydrogen-bond donors (Lipinski definition) is 1. The van der Waals surface area contributed by atoms with Crippen molar-refractivity contribution >= 4 is 5.91 Å². The van der Waals surface area contributed by atoms with Crippen molar-refractivity contribution < 1.29 is 14.3 Å². The summed E-state index contributed by atoms with van der Waals surface area (Å²) in [6.45, 7) is 3.35. The van der Waals surface area contributed by atoms with Gasteiger partial charge in [-0.05, 0) is 66.1 Å². The van der Waals surface area contributed by atoms with Crippen LogP contribution >= 0.6 is 0 Å². The van der Waals surface area contributed by atoms with E-state index in [0.29, 0.717) is 18.8 Å². The quantitative estimate of drug-likeness (QED) is 0.289. The number of rotatable bonds is 10. The van der Waals surface area contributed by atoms with Crippen molar-refractivity contribution in [1.82, 2.24) is 20.1 Å². The number of fused-ring (bicyclic) bond motifs is 1. The fraction of sp³-hybridized carbons (Fsp3) is 0.276. The van der Waals surface area contributed by atoms with Gasteiger partial charge in [0.05, 0.1) is 25.5 Å². The van der Waals surface area contributed by atoms with Crippen LogP contribution in [0.2, 0.25) is 0 Å². The third kappa shape index (κ3) is 4.69. The van der Waals surface area contributed by atoms with Crippen LogP contribution in [0.3, 0.4) is 0 Å². The Bertz CT molecular complexity index is 1300. The molecule has 36 heavy (non-hydrogen) atoms. The van der Waals surface area contributed by atoms with Crippen LogP contribution in [-0.2, 0) is 6.54 Å². The molecule has 3 heterocycles. The number of amides is 1. The number of carbonyl (C=O) groups excluding carboxylic acids is 1. The second kappa shape index (κ2) is 10.6. The van der Waals surface area contributed by atoms with E-state index in [9.17, 15) is 4.79 Å². The highest BCUT2D eigenvalue weighted by Gasteiger charge is 2.42. The predicted octanol–water partition coefficient (Wildman–Crippen LogP) is 5.79. The molecule has 4 aromatic rings. The van der Waals surface area contributed by atoms with E-state index in [1.54, 1.807) is 19.5 Å². The summed E-state index contributed by atoms with van der Waals surface area (Å²) in [5.41, 5.74) is 5.13. The molecule has 1 aliphatic heterocycles. The van der Waals surface area contributed by atoms with Crippen LogP contribution in [0, 0.1) is 0 Å². The van der Waals surface area contributed by atoms with E-state index in [2.05, 4.69) is 22.1 Å². The van der Waals surface area contributed by atoms with E-state index in [4.69, 9.17) is 9.47 Å². The molecule has 0 saturated carbocycles. The minimum absolute atomic E-state index is 0.0704. The molecular formula is C29H30N4O3. The maximum Gasteiger partial charge on any atom is 0.273 e. The number of unbranched alkanes of at least 4 members (excludes halogenated alkanes) is 2. The fourth-order valence-corrected chi connectivity index (χ4v) is 4.65. The monoisotopic (exact) mass is 482 g/mol. The number of nitrogens with zero attached hydrogens (tertiary/aromatic N) is 3. The van der Waals surface area contributed by atoms with Crippen molar-refractivity contribution in [1.29, 1.82) is 0 Å². The lowest BCUT2D eigenvalue weighted by atomic mass is 9.96. The van der Waals surface area contributed by atoms with Gasteiger partial charge in [-0.15, -0.1) is 0 Å². The third-order valence-electron chi connectivity index (χ3n) is 6.54. The number of carbonyl (C=O) groups is 1. The second-order valence-corrected chi connectivity index (χ2v) is 8.91. The lowest BCUT2D eigenvalue weighted by Gasteiger charge is -2.26. The molecule has 0 spiro atoms. The highest BCUT2D eigenvalue weighted by atomic mass is 16.5. The lowest BCUT2D eigenvalue weighted by Crippen LogP contribution is -2.29. The first-order valence-electron chi connectivity index (χ1n) is 12.3. The number of methoxy groups -OCH3 is 1. The number of nitrogens with one attached hydrogen (secondary N) is 1. The average molecular weight is 483 g/mol. The largest absolute Gasteiger partial charge is 0.497 e. The molecule has 7 heteroatoms. The van der Waals surface area contributed by atoms with Gasteiger partial charge in [0.2, 0.25) is 0 Å². The number of hydrogen-bond acceptors (Lipinski definition) is 5. The van der Waals surface area contributed by atoms with Crippen molar-refractivity contribution in [3.05, 3.63) is 95.4 Å². The topological polar surface area (TPSA) is 80.3 Å². The van der Waals surface area contributed by atoms with Crippen molar-refractivity contribution in [2.75, 3.05) is 13.7 Å². The molecule has 7 nitrogen and oxygen atoms in total. The third-order valence-corrected chi connectivity index (χ3v) is 6.54. The van der Waals surface area contributed by atoms with Gasteiger partial charge in [-0.2, -0.15) is 5.10 Å². The molecule has 0 saturated heterocycles. The zero-order chi connectivity index (χ0) is 24.9. The number of H-pyrrole nitrogens is 1. The average Bonchev–Trinajstić information content (AvgIpc) is 3.47. The SMILES string of the molecule is CCCCCOc1ccc(C2c3c(-c4ccc(OC)cc4)n[nH]c3C(=O)N2Cc2ccncc2)cc1. The van der Waals surface area contributed by atoms with Crippen molar-refractivity contribution in [2.24, 2.45) is 0 Å². The Morgan fingerprint density at radius 1 is 0.944 bits per heavy atom. The molecule has 2 aromatic heterocycles. The molecule has 0 radical (unpaired) electrons. The maximum atomic E-state index is 13.6. The standard InChI is InChI=1S/C29H30N4O3/c1-3-4-5-18-36-24-12-8-22(9-13-24)28-25-26(21-6-10-23(35-2)11-7-21)31-32-27(25)29(34)33(28)19-20-14-16-30-17-15-20/h6-17,28H,3-5,18-19H2,1-2H3,(H,31,32). The smallest absolute Gasteiger partial charge is 0.273 e. The molecule has 0 aliphatic carbocycles. The van der Waals surface area contributed by atoms with Crippen molar-refractivity contribution in [3.8, 4) is 22.8 Å². The predicted molar refractivity (Wildman–Crippen MR) is 138 cm³/mol. The molecule has 1 unspecified atom stereocenters. The maximum absolute atomic E-state index is 13.6. The van der Waals surface area contributed by atoms with Crippen LogP contribution in [0.1, 0.15) is 59.4 Å². The summed E-state index contributed by atoms with van der Waals surface area (Å²) < 4.78 is 11.2. The summed E-state index contributed by atoms with van der Waals surface area (Å²) in [7, 11) is 1.64. The molecule has 0 fully saturated rings. The number of benzene rings is 2. The Morgan fingerprint density at radius 3 is 2.36 bits per heavy atom. The Morgan fingerprint density at radius 2 is 1.67 bits per heavy atom.